The van der Waals surface area contributed by atoms with Gasteiger partial charge in [-0.25, -0.2) is 4.79 Å². The minimum atomic E-state index is -1.08. The Morgan fingerprint density at radius 3 is 2.73 bits per heavy atom. The first kappa shape index (κ1) is 8.39. The van der Waals surface area contributed by atoms with Crippen LogP contribution in [0.4, 0.5) is 0 Å². The summed E-state index contributed by atoms with van der Waals surface area (Å²) >= 11 is 3.89. The quantitative estimate of drug-likeness (QED) is 0.456. The van der Waals surface area contributed by atoms with E-state index in [4.69, 9.17) is 5.11 Å². The van der Waals surface area contributed by atoms with E-state index in [1.54, 1.807) is 0 Å². The first-order chi connectivity index (χ1) is 5.15. The van der Waals surface area contributed by atoms with Gasteiger partial charge in [0.2, 0.25) is 0 Å². The summed E-state index contributed by atoms with van der Waals surface area (Å²) in [5.74, 6) is -1.53. The highest BCUT2D eigenvalue weighted by Gasteiger charge is 2.37. The number of ether oxygens (including phenoxy) is 1. The molecule has 1 saturated heterocycles. The Kier molecular flexibility index (Phi) is 2.38. The number of carboxylic acid groups (broad SMARTS) is 1. The Hall–Kier alpha value is -0.710. The number of rotatable bonds is 2. The van der Waals surface area contributed by atoms with Crippen LogP contribution in [0.15, 0.2) is 0 Å². The van der Waals surface area contributed by atoms with E-state index in [1.807, 2.05) is 0 Å². The summed E-state index contributed by atoms with van der Waals surface area (Å²) in [7, 11) is 0. The minimum absolute atomic E-state index is 0.248. The van der Waals surface area contributed by atoms with Gasteiger partial charge in [0.1, 0.15) is 0 Å². The van der Waals surface area contributed by atoms with E-state index in [9.17, 15) is 9.59 Å². The van der Waals surface area contributed by atoms with Gasteiger partial charge in [0, 0.05) is 12.2 Å². The molecule has 5 heteroatoms. The van der Waals surface area contributed by atoms with Crippen LogP contribution in [-0.4, -0.2) is 28.9 Å². The van der Waals surface area contributed by atoms with Crippen molar-refractivity contribution in [1.29, 1.82) is 0 Å². The Balaban J connectivity index is 2.56. The van der Waals surface area contributed by atoms with Crippen molar-refractivity contribution in [2.24, 2.45) is 5.92 Å². The molecule has 11 heavy (non-hydrogen) atoms. The van der Waals surface area contributed by atoms with Crippen molar-refractivity contribution >= 4 is 24.6 Å². The summed E-state index contributed by atoms with van der Waals surface area (Å²) in [5, 5.41) is 8.44. The largest absolute Gasteiger partial charge is 0.479 e. The third-order valence-corrected chi connectivity index (χ3v) is 2.03. The molecule has 0 aromatic rings. The van der Waals surface area contributed by atoms with E-state index >= 15 is 0 Å². The monoisotopic (exact) mass is 176 g/mol. The van der Waals surface area contributed by atoms with Crippen LogP contribution < -0.4 is 0 Å². The van der Waals surface area contributed by atoms with Gasteiger partial charge in [-0.05, 0) is 0 Å². The number of carboxylic acids is 1. The third kappa shape index (κ3) is 1.65. The zero-order chi connectivity index (χ0) is 8.43. The van der Waals surface area contributed by atoms with Gasteiger partial charge in [0.15, 0.2) is 6.10 Å². The van der Waals surface area contributed by atoms with Crippen LogP contribution >= 0.6 is 12.6 Å². The number of carbonyl (C=O) groups is 2. The fourth-order valence-electron chi connectivity index (χ4n) is 0.939. The Morgan fingerprint density at radius 1 is 1.82 bits per heavy atom. The van der Waals surface area contributed by atoms with Gasteiger partial charge < -0.3 is 9.84 Å². The molecule has 0 radical (unpaired) electrons. The van der Waals surface area contributed by atoms with E-state index in [-0.39, 0.29) is 12.3 Å². The number of carbonyl (C=O) groups excluding carboxylic acids is 1. The maximum atomic E-state index is 10.8. The number of esters is 1. The predicted molar refractivity (Wildman–Crippen MR) is 39.5 cm³/mol. The van der Waals surface area contributed by atoms with E-state index in [1.165, 1.54) is 0 Å². The van der Waals surface area contributed by atoms with Crippen LogP contribution in [0.5, 0.6) is 0 Å². The van der Waals surface area contributed by atoms with E-state index < -0.39 is 18.0 Å². The molecule has 0 aromatic heterocycles. The van der Waals surface area contributed by atoms with Crippen LogP contribution in [0.25, 0.3) is 0 Å². The number of cyclic esters (lactones) is 1. The van der Waals surface area contributed by atoms with Crippen molar-refractivity contribution in [3.05, 3.63) is 0 Å². The molecule has 0 aliphatic carbocycles. The second kappa shape index (κ2) is 3.13. The molecule has 62 valence electrons. The minimum Gasteiger partial charge on any atom is -0.479 e. The zero-order valence-electron chi connectivity index (χ0n) is 5.69. The van der Waals surface area contributed by atoms with Crippen LogP contribution in [-0.2, 0) is 14.3 Å². The molecule has 1 N–H and O–H groups in total. The van der Waals surface area contributed by atoms with Crippen LogP contribution in [0.1, 0.15) is 6.42 Å². The third-order valence-electron chi connectivity index (χ3n) is 1.59. The summed E-state index contributed by atoms with van der Waals surface area (Å²) < 4.78 is 4.54. The maximum absolute atomic E-state index is 10.8. The maximum Gasteiger partial charge on any atom is 0.345 e. The lowest BCUT2D eigenvalue weighted by molar-refractivity contribution is -0.157. The van der Waals surface area contributed by atoms with Gasteiger partial charge in [0.05, 0.1) is 5.92 Å². The molecule has 0 amide bonds. The topological polar surface area (TPSA) is 63.6 Å². The molecule has 1 aliphatic heterocycles. The fourth-order valence-corrected chi connectivity index (χ4v) is 1.24. The first-order valence-corrected chi connectivity index (χ1v) is 3.82. The lowest BCUT2D eigenvalue weighted by Gasteiger charge is -1.99. The number of hydrogen-bond donors (Lipinski definition) is 2. The zero-order valence-corrected chi connectivity index (χ0v) is 6.58. The highest BCUT2D eigenvalue weighted by molar-refractivity contribution is 7.80. The second-order valence-electron chi connectivity index (χ2n) is 2.38. The van der Waals surface area contributed by atoms with E-state index in [0.717, 1.165) is 0 Å². The van der Waals surface area contributed by atoms with Crippen molar-refractivity contribution in [2.45, 2.75) is 12.5 Å². The molecule has 0 spiro atoms. The van der Waals surface area contributed by atoms with Crippen LogP contribution in [0.2, 0.25) is 0 Å². The molecule has 0 bridgehead atoms. The van der Waals surface area contributed by atoms with Crippen molar-refractivity contribution in [2.75, 3.05) is 5.75 Å². The first-order valence-electron chi connectivity index (χ1n) is 3.19. The van der Waals surface area contributed by atoms with Gasteiger partial charge in [-0.1, -0.05) is 0 Å². The predicted octanol–water partition coefficient (Wildman–Crippen LogP) is -0.0675. The molecule has 1 heterocycles. The SMILES string of the molecule is O=C1O[C@H](C(=O)O)C[C@@H]1CS. The Bertz CT molecular complexity index is 191. The number of aliphatic carboxylic acids is 1. The molecule has 1 aliphatic rings. The average molecular weight is 176 g/mol. The van der Waals surface area contributed by atoms with Crippen molar-refractivity contribution < 1.29 is 19.4 Å². The van der Waals surface area contributed by atoms with Crippen LogP contribution in [0.3, 0.4) is 0 Å². The summed E-state index contributed by atoms with van der Waals surface area (Å²) in [5.41, 5.74) is 0. The van der Waals surface area contributed by atoms with Gasteiger partial charge in [-0.2, -0.15) is 12.6 Å². The lowest BCUT2D eigenvalue weighted by Crippen LogP contribution is -2.18. The molecule has 2 atom stereocenters. The number of thiol groups is 1. The number of hydrogen-bond acceptors (Lipinski definition) is 4. The molecule has 0 aromatic carbocycles. The highest BCUT2D eigenvalue weighted by atomic mass is 32.1. The van der Waals surface area contributed by atoms with Gasteiger partial charge in [-0.3, -0.25) is 4.79 Å². The summed E-state index contributed by atoms with van der Waals surface area (Å²) in [4.78, 5) is 21.1. The molecular weight excluding hydrogens is 168 g/mol. The molecular formula is C6H8O4S. The Morgan fingerprint density at radius 2 is 2.45 bits per heavy atom. The molecule has 4 nitrogen and oxygen atoms in total. The molecule has 0 unspecified atom stereocenters. The summed E-state index contributed by atoms with van der Waals surface area (Å²) in [6.07, 6.45) is -0.711. The van der Waals surface area contributed by atoms with Gasteiger partial charge in [-0.15, -0.1) is 0 Å². The normalized spacial score (nSPS) is 30.1. The lowest BCUT2D eigenvalue weighted by atomic mass is 10.1. The van der Waals surface area contributed by atoms with E-state index in [0.29, 0.717) is 5.75 Å². The van der Waals surface area contributed by atoms with Gasteiger partial charge in [0.25, 0.3) is 0 Å². The van der Waals surface area contributed by atoms with E-state index in [2.05, 4.69) is 17.4 Å². The molecule has 1 fully saturated rings. The standard InChI is InChI=1S/C6H8O4S/c7-5(8)4-1-3(2-11)6(9)10-4/h3-4,11H,1-2H2,(H,7,8)/t3-,4+/m1/s1. The summed E-state index contributed by atoms with van der Waals surface area (Å²) in [6, 6.07) is 0. The average Bonchev–Trinajstić information content (AvgIpc) is 2.31. The van der Waals surface area contributed by atoms with Gasteiger partial charge >= 0.3 is 11.9 Å². The van der Waals surface area contributed by atoms with Crippen molar-refractivity contribution in [3.8, 4) is 0 Å². The van der Waals surface area contributed by atoms with Crippen molar-refractivity contribution in [3.63, 3.8) is 0 Å². The molecule has 1 rings (SSSR count). The smallest absolute Gasteiger partial charge is 0.345 e. The summed E-state index contributed by atoms with van der Waals surface area (Å²) in [6.45, 7) is 0. The highest BCUT2D eigenvalue weighted by Crippen LogP contribution is 2.21. The van der Waals surface area contributed by atoms with Crippen LogP contribution in [0, 0.1) is 5.92 Å². The fraction of sp³-hybridized carbons (Fsp3) is 0.667. The van der Waals surface area contributed by atoms with Crippen molar-refractivity contribution in [1.82, 2.24) is 0 Å². The molecule has 0 saturated carbocycles. The second-order valence-corrected chi connectivity index (χ2v) is 2.74. The Labute approximate surface area is 68.9 Å².